The predicted molar refractivity (Wildman–Crippen MR) is 84.3 cm³/mol. The highest BCUT2D eigenvalue weighted by Gasteiger charge is 2.25. The molecular formula is C14H18ClN3O2S. The molecule has 7 heteroatoms. The first kappa shape index (κ1) is 15.9. The molecule has 0 saturated heterocycles. The van der Waals surface area contributed by atoms with E-state index in [1.807, 2.05) is 32.0 Å². The fourth-order valence-corrected chi connectivity index (χ4v) is 3.68. The van der Waals surface area contributed by atoms with Crippen LogP contribution in [0.15, 0.2) is 41.6 Å². The summed E-state index contributed by atoms with van der Waals surface area (Å²) in [4.78, 5) is 0.177. The lowest BCUT2D eigenvalue weighted by Crippen LogP contribution is -2.30. The topological polar surface area (TPSA) is 55.2 Å². The van der Waals surface area contributed by atoms with Gasteiger partial charge >= 0.3 is 0 Å². The second-order valence-corrected chi connectivity index (χ2v) is 6.88. The van der Waals surface area contributed by atoms with Crippen LogP contribution in [0.2, 0.25) is 0 Å². The van der Waals surface area contributed by atoms with Crippen molar-refractivity contribution in [1.29, 1.82) is 0 Å². The molecule has 0 aliphatic heterocycles. The Morgan fingerprint density at radius 3 is 2.76 bits per heavy atom. The monoisotopic (exact) mass is 327 g/mol. The van der Waals surface area contributed by atoms with Crippen molar-refractivity contribution in [2.24, 2.45) is 0 Å². The minimum atomic E-state index is -3.61. The van der Waals surface area contributed by atoms with Crippen molar-refractivity contribution in [3.05, 3.63) is 42.2 Å². The molecule has 114 valence electrons. The van der Waals surface area contributed by atoms with Gasteiger partial charge in [-0.15, -0.1) is 11.6 Å². The molecule has 1 heterocycles. The summed E-state index contributed by atoms with van der Waals surface area (Å²) in [5.74, 6) is 0.385. The number of benzene rings is 1. The smallest absolute Gasteiger partial charge is 0.267 e. The summed E-state index contributed by atoms with van der Waals surface area (Å²) < 4.78 is 28.4. The number of aromatic nitrogens is 2. The van der Waals surface area contributed by atoms with E-state index in [1.54, 1.807) is 6.07 Å². The van der Waals surface area contributed by atoms with E-state index in [2.05, 4.69) is 5.10 Å². The van der Waals surface area contributed by atoms with E-state index in [1.165, 1.54) is 21.4 Å². The van der Waals surface area contributed by atoms with Gasteiger partial charge in [-0.25, -0.2) is 8.42 Å². The summed E-state index contributed by atoms with van der Waals surface area (Å²) in [5.41, 5.74) is 1.67. The van der Waals surface area contributed by atoms with Gasteiger partial charge in [0.15, 0.2) is 0 Å². The van der Waals surface area contributed by atoms with E-state index in [0.29, 0.717) is 24.7 Å². The van der Waals surface area contributed by atoms with Gasteiger partial charge < -0.3 is 0 Å². The third-order valence-electron chi connectivity index (χ3n) is 3.09. The summed E-state index contributed by atoms with van der Waals surface area (Å²) in [7, 11) is -3.61. The number of nitrogens with zero attached hydrogens (tertiary/aromatic N) is 3. The van der Waals surface area contributed by atoms with E-state index < -0.39 is 10.0 Å². The Kier molecular flexibility index (Phi) is 4.90. The number of rotatable bonds is 6. The largest absolute Gasteiger partial charge is 0.270 e. The van der Waals surface area contributed by atoms with Crippen LogP contribution >= 0.6 is 11.6 Å². The Bertz CT molecular complexity index is 713. The number of hydrogen-bond donors (Lipinski definition) is 0. The number of alkyl halides is 1. The predicted octanol–water partition coefficient (Wildman–Crippen LogP) is 2.65. The summed E-state index contributed by atoms with van der Waals surface area (Å²) in [6.07, 6.45) is 2.87. The SMILES string of the molecule is CCN(c1cccc(C)c1)S(=O)(=O)c1cnn(CCCl)c1. The first-order chi connectivity index (χ1) is 9.98. The van der Waals surface area contributed by atoms with Crippen molar-refractivity contribution in [3.63, 3.8) is 0 Å². The van der Waals surface area contributed by atoms with Gasteiger partial charge in [0.25, 0.3) is 10.0 Å². The molecule has 0 N–H and O–H groups in total. The molecule has 2 rings (SSSR count). The molecule has 2 aromatic rings. The Labute approximate surface area is 130 Å². The van der Waals surface area contributed by atoms with Gasteiger partial charge in [-0.05, 0) is 31.5 Å². The van der Waals surface area contributed by atoms with Gasteiger partial charge in [0, 0.05) is 18.6 Å². The van der Waals surface area contributed by atoms with E-state index >= 15 is 0 Å². The van der Waals surface area contributed by atoms with Gasteiger partial charge in [0.2, 0.25) is 0 Å². The standard InChI is InChI=1S/C14H18ClN3O2S/c1-3-18(13-6-4-5-12(2)9-13)21(19,20)14-10-16-17(11-14)8-7-15/h4-6,9-11H,3,7-8H2,1-2H3. The maximum atomic E-state index is 12.7. The lowest BCUT2D eigenvalue weighted by molar-refractivity contribution is 0.591. The van der Waals surface area contributed by atoms with Crippen molar-refractivity contribution in [2.45, 2.75) is 25.3 Å². The maximum absolute atomic E-state index is 12.7. The van der Waals surface area contributed by atoms with E-state index in [-0.39, 0.29) is 4.90 Å². The molecule has 0 spiro atoms. The van der Waals surface area contributed by atoms with Gasteiger partial charge in [-0.2, -0.15) is 5.10 Å². The first-order valence-electron chi connectivity index (χ1n) is 6.67. The molecule has 0 unspecified atom stereocenters. The third-order valence-corrected chi connectivity index (χ3v) is 5.11. The van der Waals surface area contributed by atoms with Crippen molar-refractivity contribution in [3.8, 4) is 0 Å². The minimum absolute atomic E-state index is 0.177. The van der Waals surface area contributed by atoms with E-state index in [4.69, 9.17) is 11.6 Å². The number of aryl methyl sites for hydroxylation is 2. The summed E-state index contributed by atoms with van der Waals surface area (Å²) in [6.45, 7) is 4.58. The number of halogens is 1. The van der Waals surface area contributed by atoms with Gasteiger partial charge in [-0.3, -0.25) is 8.99 Å². The lowest BCUT2D eigenvalue weighted by atomic mass is 10.2. The van der Waals surface area contributed by atoms with Crippen molar-refractivity contribution in [1.82, 2.24) is 9.78 Å². The van der Waals surface area contributed by atoms with Crippen LogP contribution in [0.5, 0.6) is 0 Å². The molecule has 0 aliphatic carbocycles. The van der Waals surface area contributed by atoms with Gasteiger partial charge in [0.1, 0.15) is 4.90 Å². The average Bonchev–Trinajstić information content (AvgIpc) is 2.89. The van der Waals surface area contributed by atoms with E-state index in [0.717, 1.165) is 5.56 Å². The number of sulfonamides is 1. The van der Waals surface area contributed by atoms with E-state index in [9.17, 15) is 8.42 Å². The molecular weight excluding hydrogens is 310 g/mol. The molecule has 1 aromatic carbocycles. The minimum Gasteiger partial charge on any atom is -0.270 e. The van der Waals surface area contributed by atoms with Crippen LogP contribution in [0, 0.1) is 6.92 Å². The summed E-state index contributed by atoms with van der Waals surface area (Å²) in [6, 6.07) is 7.42. The number of anilines is 1. The lowest BCUT2D eigenvalue weighted by Gasteiger charge is -2.22. The van der Waals surface area contributed by atoms with Crippen LogP contribution in [0.25, 0.3) is 0 Å². The second kappa shape index (κ2) is 6.49. The Morgan fingerprint density at radius 2 is 2.14 bits per heavy atom. The Morgan fingerprint density at radius 1 is 1.38 bits per heavy atom. The first-order valence-corrected chi connectivity index (χ1v) is 8.64. The van der Waals surface area contributed by atoms with Crippen molar-refractivity contribution >= 4 is 27.3 Å². The number of hydrogen-bond acceptors (Lipinski definition) is 3. The van der Waals surface area contributed by atoms with Crippen LogP contribution in [0.1, 0.15) is 12.5 Å². The molecule has 21 heavy (non-hydrogen) atoms. The summed E-state index contributed by atoms with van der Waals surface area (Å²) >= 11 is 5.64. The highest BCUT2D eigenvalue weighted by atomic mass is 35.5. The maximum Gasteiger partial charge on any atom is 0.267 e. The molecule has 0 fully saturated rings. The Balaban J connectivity index is 2.39. The molecule has 0 radical (unpaired) electrons. The van der Waals surface area contributed by atoms with Crippen LogP contribution in [-0.4, -0.2) is 30.6 Å². The highest BCUT2D eigenvalue weighted by Crippen LogP contribution is 2.23. The zero-order chi connectivity index (χ0) is 15.5. The zero-order valence-electron chi connectivity index (χ0n) is 12.0. The molecule has 1 aromatic heterocycles. The van der Waals surface area contributed by atoms with Crippen LogP contribution in [0.3, 0.4) is 0 Å². The second-order valence-electron chi connectivity index (χ2n) is 4.64. The molecule has 0 aliphatic rings. The highest BCUT2D eigenvalue weighted by molar-refractivity contribution is 7.92. The molecule has 0 saturated carbocycles. The third kappa shape index (κ3) is 3.39. The fourth-order valence-electron chi connectivity index (χ4n) is 2.09. The molecule has 0 amide bonds. The quantitative estimate of drug-likeness (QED) is 0.766. The Hall–Kier alpha value is -1.53. The van der Waals surface area contributed by atoms with Gasteiger partial charge in [-0.1, -0.05) is 12.1 Å². The zero-order valence-corrected chi connectivity index (χ0v) is 13.6. The fraction of sp³-hybridized carbons (Fsp3) is 0.357. The van der Waals surface area contributed by atoms with Crippen LogP contribution < -0.4 is 4.31 Å². The molecule has 5 nitrogen and oxygen atoms in total. The summed E-state index contributed by atoms with van der Waals surface area (Å²) in [5, 5.41) is 4.03. The average molecular weight is 328 g/mol. The van der Waals surface area contributed by atoms with Crippen molar-refractivity contribution < 1.29 is 8.42 Å². The van der Waals surface area contributed by atoms with Crippen LogP contribution in [-0.2, 0) is 16.6 Å². The van der Waals surface area contributed by atoms with Crippen molar-refractivity contribution in [2.75, 3.05) is 16.7 Å². The van der Waals surface area contributed by atoms with Gasteiger partial charge in [0.05, 0.1) is 18.4 Å². The molecule has 0 bridgehead atoms. The van der Waals surface area contributed by atoms with Crippen LogP contribution in [0.4, 0.5) is 5.69 Å². The normalized spacial score (nSPS) is 11.6. The molecule has 0 atom stereocenters.